The summed E-state index contributed by atoms with van der Waals surface area (Å²) in [7, 11) is 0. The maximum absolute atomic E-state index is 12.5. The van der Waals surface area contributed by atoms with Crippen molar-refractivity contribution in [2.75, 3.05) is 23.3 Å². The van der Waals surface area contributed by atoms with Crippen LogP contribution in [0.25, 0.3) is 0 Å². The van der Waals surface area contributed by atoms with Crippen molar-refractivity contribution < 1.29 is 9.53 Å². The number of nitrogens with zero attached hydrogens (tertiary/aromatic N) is 3. The lowest BCUT2D eigenvalue weighted by molar-refractivity contribution is 0.102. The molecule has 0 spiro atoms. The Balaban J connectivity index is 1.35. The number of nitrogens with one attached hydrogen (secondary N) is 1. The number of ether oxygens (including phenoxy) is 1. The van der Waals surface area contributed by atoms with Gasteiger partial charge < -0.3 is 15.0 Å². The second-order valence-corrected chi connectivity index (χ2v) is 7.33. The quantitative estimate of drug-likeness (QED) is 0.683. The van der Waals surface area contributed by atoms with Gasteiger partial charge in [0.1, 0.15) is 11.5 Å². The molecule has 0 unspecified atom stereocenters. The Hall–Kier alpha value is -3.41. The summed E-state index contributed by atoms with van der Waals surface area (Å²) in [6.07, 6.45) is 5.63. The lowest BCUT2D eigenvalue weighted by Gasteiger charge is -2.30. The number of anilines is 2. The van der Waals surface area contributed by atoms with E-state index in [1.807, 2.05) is 30.3 Å². The summed E-state index contributed by atoms with van der Waals surface area (Å²) in [5.74, 6) is 2.70. The average molecular weight is 388 g/mol. The van der Waals surface area contributed by atoms with Crippen molar-refractivity contribution in [1.29, 1.82) is 0 Å². The zero-order valence-electron chi connectivity index (χ0n) is 16.4. The molecule has 1 fully saturated rings. The monoisotopic (exact) mass is 388 g/mol. The predicted molar refractivity (Wildman–Crippen MR) is 114 cm³/mol. The van der Waals surface area contributed by atoms with Gasteiger partial charge in [-0.2, -0.15) is 0 Å². The fraction of sp³-hybridized carbons (Fsp3) is 0.261. The number of piperidine rings is 1. The van der Waals surface area contributed by atoms with E-state index in [-0.39, 0.29) is 5.91 Å². The van der Waals surface area contributed by atoms with Crippen molar-refractivity contribution in [3.63, 3.8) is 0 Å². The molecule has 0 atom stereocenters. The van der Waals surface area contributed by atoms with Crippen LogP contribution in [0.4, 0.5) is 11.6 Å². The summed E-state index contributed by atoms with van der Waals surface area (Å²) in [5, 5.41) is 2.84. The van der Waals surface area contributed by atoms with Gasteiger partial charge in [-0.25, -0.2) is 9.97 Å². The molecule has 0 radical (unpaired) electrons. The Kier molecular flexibility index (Phi) is 5.70. The number of carbonyl (C=O) groups excluding carboxylic acids is 1. The van der Waals surface area contributed by atoms with Gasteiger partial charge in [0, 0.05) is 18.7 Å². The first-order valence-corrected chi connectivity index (χ1v) is 9.89. The van der Waals surface area contributed by atoms with Crippen LogP contribution in [0.3, 0.4) is 0 Å². The number of carbonyl (C=O) groups is 1. The Morgan fingerprint density at radius 3 is 2.24 bits per heavy atom. The van der Waals surface area contributed by atoms with E-state index in [1.165, 1.54) is 0 Å². The Morgan fingerprint density at radius 1 is 0.966 bits per heavy atom. The van der Waals surface area contributed by atoms with Crippen LogP contribution >= 0.6 is 0 Å². The van der Waals surface area contributed by atoms with Gasteiger partial charge in [-0.15, -0.1) is 0 Å². The summed E-state index contributed by atoms with van der Waals surface area (Å²) < 4.78 is 5.75. The lowest BCUT2D eigenvalue weighted by Crippen LogP contribution is -2.34. The fourth-order valence-corrected chi connectivity index (χ4v) is 3.26. The third-order valence-corrected chi connectivity index (χ3v) is 5.06. The van der Waals surface area contributed by atoms with E-state index in [9.17, 15) is 4.79 Å². The van der Waals surface area contributed by atoms with Crippen molar-refractivity contribution in [3.8, 4) is 11.5 Å². The molecule has 6 nitrogen and oxygen atoms in total. The van der Waals surface area contributed by atoms with Crippen molar-refractivity contribution in [2.24, 2.45) is 5.92 Å². The Morgan fingerprint density at radius 2 is 1.59 bits per heavy atom. The van der Waals surface area contributed by atoms with Gasteiger partial charge in [0.25, 0.3) is 5.91 Å². The van der Waals surface area contributed by atoms with Crippen molar-refractivity contribution in [1.82, 2.24) is 9.97 Å². The molecule has 1 saturated heterocycles. The maximum Gasteiger partial charge on any atom is 0.255 e. The minimum Gasteiger partial charge on any atom is -0.457 e. The van der Waals surface area contributed by atoms with Crippen molar-refractivity contribution >= 4 is 17.5 Å². The highest BCUT2D eigenvalue weighted by Gasteiger charge is 2.18. The number of hydrogen-bond donors (Lipinski definition) is 1. The van der Waals surface area contributed by atoms with Crippen LogP contribution in [-0.4, -0.2) is 29.0 Å². The minimum absolute atomic E-state index is 0.209. The first-order chi connectivity index (χ1) is 14.2. The SMILES string of the molecule is CC1CCN(c2ncc(NC(=O)c3ccc(Oc4ccccc4)cc3)cn2)CC1. The normalized spacial score (nSPS) is 14.4. The topological polar surface area (TPSA) is 67.4 Å². The summed E-state index contributed by atoms with van der Waals surface area (Å²) >= 11 is 0. The van der Waals surface area contributed by atoms with Crippen molar-refractivity contribution in [2.45, 2.75) is 19.8 Å². The van der Waals surface area contributed by atoms with E-state index in [0.29, 0.717) is 17.0 Å². The highest BCUT2D eigenvalue weighted by Crippen LogP contribution is 2.22. The zero-order chi connectivity index (χ0) is 20.1. The molecule has 29 heavy (non-hydrogen) atoms. The molecule has 0 aliphatic carbocycles. The molecule has 0 saturated carbocycles. The molecule has 4 rings (SSSR count). The molecule has 3 aromatic rings. The zero-order valence-corrected chi connectivity index (χ0v) is 16.4. The number of amides is 1. The smallest absolute Gasteiger partial charge is 0.255 e. The molecule has 6 heteroatoms. The third kappa shape index (κ3) is 4.90. The van der Waals surface area contributed by atoms with Crippen LogP contribution in [0.5, 0.6) is 11.5 Å². The molecule has 1 amide bonds. The van der Waals surface area contributed by atoms with Gasteiger partial charge in [-0.05, 0) is 55.2 Å². The van der Waals surface area contributed by atoms with Crippen molar-refractivity contribution in [3.05, 3.63) is 72.6 Å². The predicted octanol–water partition coefficient (Wildman–Crippen LogP) is 4.76. The highest BCUT2D eigenvalue weighted by molar-refractivity contribution is 6.04. The van der Waals surface area contributed by atoms with E-state index < -0.39 is 0 Å². The second-order valence-electron chi connectivity index (χ2n) is 7.33. The van der Waals surface area contributed by atoms with E-state index in [4.69, 9.17) is 4.74 Å². The van der Waals surface area contributed by atoms with Gasteiger partial charge in [0.05, 0.1) is 18.1 Å². The van der Waals surface area contributed by atoms with Crippen LogP contribution in [0.1, 0.15) is 30.1 Å². The first-order valence-electron chi connectivity index (χ1n) is 9.89. The molecule has 1 aromatic heterocycles. The molecule has 2 aromatic carbocycles. The van der Waals surface area contributed by atoms with Crippen LogP contribution in [0, 0.1) is 5.92 Å². The third-order valence-electron chi connectivity index (χ3n) is 5.06. The summed E-state index contributed by atoms with van der Waals surface area (Å²) in [6.45, 7) is 4.23. The first kappa shape index (κ1) is 18.9. The minimum atomic E-state index is -0.209. The Bertz CT molecular complexity index is 935. The molecule has 1 aliphatic heterocycles. The molecule has 1 N–H and O–H groups in total. The molecule has 148 valence electrons. The van der Waals surface area contributed by atoms with Gasteiger partial charge in [0.15, 0.2) is 0 Å². The van der Waals surface area contributed by atoms with Crippen LogP contribution in [-0.2, 0) is 0 Å². The molecule has 2 heterocycles. The summed E-state index contributed by atoms with van der Waals surface area (Å²) in [6, 6.07) is 16.5. The Labute approximate surface area is 170 Å². The van der Waals surface area contributed by atoms with Gasteiger partial charge in [-0.3, -0.25) is 4.79 Å². The van der Waals surface area contributed by atoms with Crippen LogP contribution < -0.4 is 15.0 Å². The molecule has 0 bridgehead atoms. The summed E-state index contributed by atoms with van der Waals surface area (Å²) in [4.78, 5) is 23.5. The van der Waals surface area contributed by atoms with Gasteiger partial charge in [-0.1, -0.05) is 25.1 Å². The van der Waals surface area contributed by atoms with E-state index in [2.05, 4.69) is 27.1 Å². The van der Waals surface area contributed by atoms with Crippen LogP contribution in [0.2, 0.25) is 0 Å². The molecule has 1 aliphatic rings. The number of hydrogen-bond acceptors (Lipinski definition) is 5. The molecular formula is C23H24N4O2. The fourth-order valence-electron chi connectivity index (χ4n) is 3.26. The van der Waals surface area contributed by atoms with Gasteiger partial charge >= 0.3 is 0 Å². The van der Waals surface area contributed by atoms with Crippen LogP contribution in [0.15, 0.2) is 67.0 Å². The van der Waals surface area contributed by atoms with E-state index in [0.717, 1.165) is 43.5 Å². The largest absolute Gasteiger partial charge is 0.457 e. The van der Waals surface area contributed by atoms with E-state index in [1.54, 1.807) is 36.7 Å². The number of benzene rings is 2. The number of para-hydroxylation sites is 1. The summed E-state index contributed by atoms with van der Waals surface area (Å²) in [5.41, 5.74) is 1.12. The lowest BCUT2D eigenvalue weighted by atomic mass is 10.00. The van der Waals surface area contributed by atoms with E-state index >= 15 is 0 Å². The highest BCUT2D eigenvalue weighted by atomic mass is 16.5. The molecular weight excluding hydrogens is 364 g/mol. The maximum atomic E-state index is 12.5. The second kappa shape index (κ2) is 8.73. The standard InChI is InChI=1S/C23H24N4O2/c1-17-11-13-27(14-12-17)23-24-15-19(16-25-23)26-22(28)18-7-9-21(10-8-18)29-20-5-3-2-4-6-20/h2-10,15-17H,11-14H2,1H3,(H,26,28). The number of rotatable bonds is 5. The average Bonchev–Trinajstić information content (AvgIpc) is 2.76. The number of aromatic nitrogens is 2. The van der Waals surface area contributed by atoms with Gasteiger partial charge in [0.2, 0.25) is 5.95 Å².